The zero-order valence-corrected chi connectivity index (χ0v) is 23.2. The Kier molecular flexibility index (Phi) is 6.25. The fourth-order valence-electron chi connectivity index (χ4n) is 5.05. The molecule has 0 saturated carbocycles. The van der Waals surface area contributed by atoms with Crippen LogP contribution < -0.4 is 14.4 Å². The van der Waals surface area contributed by atoms with E-state index in [4.69, 9.17) is 18.9 Å². The van der Waals surface area contributed by atoms with Crippen molar-refractivity contribution in [3.05, 3.63) is 65.7 Å². The van der Waals surface area contributed by atoms with E-state index in [1.54, 1.807) is 36.4 Å². The van der Waals surface area contributed by atoms with Crippen molar-refractivity contribution in [3.63, 3.8) is 0 Å². The Morgan fingerprint density at radius 3 is 2.71 bits per heavy atom. The minimum atomic E-state index is -3.75. The molecule has 1 amide bonds. The molecule has 1 aliphatic rings. The molecule has 41 heavy (non-hydrogen) atoms. The van der Waals surface area contributed by atoms with Gasteiger partial charge in [-0.25, -0.2) is 17.8 Å². The predicted molar refractivity (Wildman–Crippen MR) is 150 cm³/mol. The summed E-state index contributed by atoms with van der Waals surface area (Å²) in [5, 5.41) is 13.7. The number of halogens is 1. The van der Waals surface area contributed by atoms with Crippen LogP contribution in [0.2, 0.25) is 0 Å². The number of carbonyl (C=O) groups is 1. The summed E-state index contributed by atoms with van der Waals surface area (Å²) in [7, 11) is 0.325. The van der Waals surface area contributed by atoms with E-state index in [2.05, 4.69) is 5.32 Å². The summed E-state index contributed by atoms with van der Waals surface area (Å²) >= 11 is 0. The van der Waals surface area contributed by atoms with Crippen molar-refractivity contribution in [2.24, 2.45) is 0 Å². The van der Waals surface area contributed by atoms with E-state index in [1.807, 2.05) is 4.57 Å². The van der Waals surface area contributed by atoms with Crippen molar-refractivity contribution in [1.82, 2.24) is 14.9 Å². The number of amides is 1. The van der Waals surface area contributed by atoms with Gasteiger partial charge in [-0.1, -0.05) is 6.07 Å². The Bertz CT molecular complexity index is 1980. The maximum absolute atomic E-state index is 14.6. The second-order valence-corrected chi connectivity index (χ2v) is 11.6. The second kappa shape index (κ2) is 9.58. The topological polar surface area (TPSA) is 136 Å². The van der Waals surface area contributed by atoms with Gasteiger partial charge in [0.1, 0.15) is 22.8 Å². The van der Waals surface area contributed by atoms with Crippen LogP contribution in [0.25, 0.3) is 44.5 Å². The van der Waals surface area contributed by atoms with E-state index in [0.717, 1.165) is 10.6 Å². The van der Waals surface area contributed by atoms with Gasteiger partial charge in [0.15, 0.2) is 12.5 Å². The van der Waals surface area contributed by atoms with Gasteiger partial charge >= 0.3 is 0 Å². The maximum Gasteiger partial charge on any atom is 0.255 e. The number of methoxy groups -OCH3 is 1. The summed E-state index contributed by atoms with van der Waals surface area (Å²) < 4.78 is 59.5. The van der Waals surface area contributed by atoms with E-state index in [0.29, 0.717) is 44.7 Å². The molecular formula is C28H25FN4O7S. The number of hydrogen-bond acceptors (Lipinski definition) is 8. The van der Waals surface area contributed by atoms with Crippen LogP contribution >= 0.6 is 0 Å². The molecule has 11 nitrogen and oxygen atoms in total. The molecule has 2 aromatic carbocycles. The molecule has 13 heteroatoms. The number of fused-ring (bicyclic) bond motifs is 6. The largest absolute Gasteiger partial charge is 0.470 e. The Hall–Kier alpha value is -4.46. The summed E-state index contributed by atoms with van der Waals surface area (Å²) in [6.07, 6.45) is -0.490. The number of pyridine rings is 1. The molecule has 6 rings (SSSR count). The van der Waals surface area contributed by atoms with Crippen LogP contribution in [0.15, 0.2) is 52.9 Å². The number of sulfonamides is 1. The maximum atomic E-state index is 14.6. The van der Waals surface area contributed by atoms with Gasteiger partial charge in [-0.15, -0.1) is 0 Å². The van der Waals surface area contributed by atoms with E-state index in [9.17, 15) is 22.7 Å². The molecule has 1 unspecified atom stereocenters. The van der Waals surface area contributed by atoms with E-state index in [-0.39, 0.29) is 35.1 Å². The van der Waals surface area contributed by atoms with Crippen LogP contribution in [0.3, 0.4) is 0 Å². The third kappa shape index (κ3) is 4.20. The number of aliphatic hydroxyl groups is 1. The van der Waals surface area contributed by atoms with Crippen molar-refractivity contribution >= 4 is 43.5 Å². The quantitative estimate of drug-likeness (QED) is 0.288. The highest BCUT2D eigenvalue weighted by molar-refractivity contribution is 7.92. The Morgan fingerprint density at radius 1 is 1.22 bits per heavy atom. The molecule has 212 valence electrons. The first-order valence-corrected chi connectivity index (χ1v) is 14.3. The number of aliphatic hydroxyl groups excluding tert-OH is 1. The lowest BCUT2D eigenvalue weighted by Gasteiger charge is -2.23. The van der Waals surface area contributed by atoms with Gasteiger partial charge in [0.25, 0.3) is 5.91 Å². The first-order valence-electron chi connectivity index (χ1n) is 12.4. The Labute approximate surface area is 233 Å². The third-order valence-corrected chi connectivity index (χ3v) is 8.38. The molecule has 0 aliphatic carbocycles. The zero-order valence-electron chi connectivity index (χ0n) is 22.4. The smallest absolute Gasteiger partial charge is 0.255 e. The molecular weight excluding hydrogens is 555 g/mol. The lowest BCUT2D eigenvalue weighted by molar-refractivity contribution is -0.0898. The molecule has 0 bridgehead atoms. The van der Waals surface area contributed by atoms with E-state index < -0.39 is 22.2 Å². The van der Waals surface area contributed by atoms with Crippen molar-refractivity contribution < 1.29 is 36.6 Å². The zero-order chi connectivity index (χ0) is 29.2. The first kappa shape index (κ1) is 26.7. The van der Waals surface area contributed by atoms with Gasteiger partial charge in [0.05, 0.1) is 34.4 Å². The average Bonchev–Trinajstić information content (AvgIpc) is 3.54. The second-order valence-electron chi connectivity index (χ2n) is 9.55. The number of rotatable bonds is 6. The summed E-state index contributed by atoms with van der Waals surface area (Å²) in [5.41, 5.74) is 2.83. The minimum Gasteiger partial charge on any atom is -0.470 e. The molecule has 4 heterocycles. The lowest BCUT2D eigenvalue weighted by atomic mass is 10.0. The van der Waals surface area contributed by atoms with Gasteiger partial charge in [-0.05, 0) is 36.4 Å². The first-order chi connectivity index (χ1) is 19.5. The van der Waals surface area contributed by atoms with Crippen molar-refractivity contribution in [2.75, 3.05) is 31.8 Å². The number of carbonyl (C=O) groups excluding carboxylic acids is 1. The van der Waals surface area contributed by atoms with Crippen LogP contribution in [0.5, 0.6) is 5.75 Å². The molecule has 2 N–H and O–H groups in total. The summed E-state index contributed by atoms with van der Waals surface area (Å²) in [6.45, 7) is 0.166. The lowest BCUT2D eigenvalue weighted by Crippen LogP contribution is -2.25. The normalized spacial score (nSPS) is 13.5. The summed E-state index contributed by atoms with van der Waals surface area (Å²) in [5.74, 6) is -0.572. The molecule has 1 atom stereocenters. The molecule has 0 saturated heterocycles. The molecule has 1 aliphatic heterocycles. The van der Waals surface area contributed by atoms with Crippen LogP contribution in [-0.2, 0) is 21.5 Å². The molecule has 5 aromatic rings. The summed E-state index contributed by atoms with van der Waals surface area (Å²) in [6, 6.07) is 12.9. The highest BCUT2D eigenvalue weighted by Crippen LogP contribution is 2.43. The predicted octanol–water partition coefficient (Wildman–Crippen LogP) is 4.00. The van der Waals surface area contributed by atoms with Gasteiger partial charge in [0.2, 0.25) is 16.3 Å². The monoisotopic (exact) mass is 580 g/mol. The van der Waals surface area contributed by atoms with Crippen LogP contribution in [0, 0.1) is 5.82 Å². The van der Waals surface area contributed by atoms with Gasteiger partial charge < -0.3 is 28.9 Å². The highest BCUT2D eigenvalue weighted by Gasteiger charge is 2.29. The third-order valence-electron chi connectivity index (χ3n) is 7.19. The molecule has 0 fully saturated rings. The molecule has 0 spiro atoms. The number of benzene rings is 2. The number of aromatic nitrogens is 2. The van der Waals surface area contributed by atoms with E-state index >= 15 is 0 Å². The fraction of sp³-hybridized carbons (Fsp3) is 0.214. The number of anilines is 1. The average molecular weight is 581 g/mol. The van der Waals surface area contributed by atoms with Crippen molar-refractivity contribution in [1.29, 1.82) is 0 Å². The Balaban J connectivity index is 1.63. The van der Waals surface area contributed by atoms with Crippen molar-refractivity contribution in [2.45, 2.75) is 13.0 Å². The van der Waals surface area contributed by atoms with Crippen molar-refractivity contribution in [3.8, 4) is 28.4 Å². The number of hydrogen-bond donors (Lipinski definition) is 2. The van der Waals surface area contributed by atoms with Gasteiger partial charge in [-0.3, -0.25) is 9.10 Å². The molecule has 0 radical (unpaired) electrons. The Morgan fingerprint density at radius 2 is 2.00 bits per heavy atom. The minimum absolute atomic E-state index is 0.0311. The highest BCUT2D eigenvalue weighted by atomic mass is 32.2. The molecule has 3 aromatic heterocycles. The van der Waals surface area contributed by atoms with Gasteiger partial charge in [-0.2, -0.15) is 0 Å². The summed E-state index contributed by atoms with van der Waals surface area (Å²) in [4.78, 5) is 17.7. The SMILES string of the molecule is CNC(=O)c1c(C(O)OC)oc2cc(N(C)S(C)(=O)=O)c(-c3ccc4c(n3)-c3cc5c(F)cccc5n3CO4)cc12. The number of furan rings is 1. The van der Waals surface area contributed by atoms with Crippen LogP contribution in [0.1, 0.15) is 22.4 Å². The fourth-order valence-corrected chi connectivity index (χ4v) is 5.56. The standard InChI is InChI=1S/C28H25FN4O7S/c1-30-27(34)24-16-10-15(20(32(2)41(4,36)37)12-23(16)40-26(24)28(35)38-3)18-8-9-22-25(31-18)21-11-14-17(29)6-5-7-19(14)33(21)13-39-22/h5-12,28,35H,13H2,1-4H3,(H,30,34). The number of nitrogens with zero attached hydrogens (tertiary/aromatic N) is 3. The van der Waals surface area contributed by atoms with Gasteiger partial charge in [0, 0.05) is 43.6 Å². The van der Waals surface area contributed by atoms with Crippen LogP contribution in [0.4, 0.5) is 10.1 Å². The van der Waals surface area contributed by atoms with E-state index in [1.165, 1.54) is 33.3 Å². The van der Waals surface area contributed by atoms with Crippen LogP contribution in [-0.4, -0.2) is 56.4 Å². The number of ether oxygens (including phenoxy) is 2. The number of nitrogens with one attached hydrogen (secondary N) is 1.